The molecule has 11 N–H and O–H groups in total. The van der Waals surface area contributed by atoms with Crippen LogP contribution in [0.3, 0.4) is 0 Å². The summed E-state index contributed by atoms with van der Waals surface area (Å²) in [5.41, 5.74) is 22.5. The van der Waals surface area contributed by atoms with Gasteiger partial charge in [-0.15, -0.1) is 0 Å². The van der Waals surface area contributed by atoms with E-state index in [-0.39, 0.29) is 5.75 Å². The maximum atomic E-state index is 10.6. The number of rotatable bonds is 7. The van der Waals surface area contributed by atoms with Gasteiger partial charge < -0.3 is 38.3 Å². The molecule has 2 aromatic rings. The zero-order valence-electron chi connectivity index (χ0n) is 17.2. The molecule has 3 atom stereocenters. The van der Waals surface area contributed by atoms with Gasteiger partial charge in [0.2, 0.25) is 5.91 Å². The van der Waals surface area contributed by atoms with Crippen molar-refractivity contribution >= 4 is 17.8 Å². The van der Waals surface area contributed by atoms with E-state index < -0.39 is 36.0 Å². The Morgan fingerprint density at radius 2 is 1.19 bits per heavy atom. The molecule has 170 valence electrons. The van der Waals surface area contributed by atoms with Gasteiger partial charge in [0.25, 0.3) is 0 Å². The Morgan fingerprint density at radius 1 is 0.774 bits per heavy atom. The summed E-state index contributed by atoms with van der Waals surface area (Å²) in [5, 5.41) is 25.4. The number of primary amides is 1. The van der Waals surface area contributed by atoms with Crippen LogP contribution in [0, 0.1) is 0 Å². The molecular weight excluding hydrogens is 404 g/mol. The molecule has 31 heavy (non-hydrogen) atoms. The summed E-state index contributed by atoms with van der Waals surface area (Å²) in [6.45, 7) is 1.42. The number of aromatic hydroxyl groups is 1. The van der Waals surface area contributed by atoms with E-state index in [4.69, 9.17) is 38.3 Å². The average molecular weight is 434 g/mol. The second-order valence-corrected chi connectivity index (χ2v) is 6.64. The summed E-state index contributed by atoms with van der Waals surface area (Å²) >= 11 is 0. The van der Waals surface area contributed by atoms with E-state index in [0.717, 1.165) is 11.1 Å². The molecule has 2 rings (SSSR count). The number of amides is 1. The molecule has 0 saturated heterocycles. The Hall–Kier alpha value is -3.47. The van der Waals surface area contributed by atoms with E-state index >= 15 is 0 Å². The fourth-order valence-electron chi connectivity index (χ4n) is 1.94. The van der Waals surface area contributed by atoms with Gasteiger partial charge in [0.15, 0.2) is 0 Å². The summed E-state index contributed by atoms with van der Waals surface area (Å²) in [6, 6.07) is 13.7. The Balaban J connectivity index is 0.000000466. The first-order valence-electron chi connectivity index (χ1n) is 9.27. The van der Waals surface area contributed by atoms with Gasteiger partial charge in [-0.3, -0.25) is 14.4 Å². The molecule has 10 heteroatoms. The number of carboxylic acid groups (broad SMARTS) is 2. The number of carboxylic acids is 2. The number of carbonyl (C=O) groups is 3. The van der Waals surface area contributed by atoms with Crippen LogP contribution in [0.25, 0.3) is 0 Å². The fraction of sp³-hybridized carbons (Fsp3) is 0.286. The monoisotopic (exact) mass is 434 g/mol. The lowest BCUT2D eigenvalue weighted by Crippen LogP contribution is -2.38. The minimum Gasteiger partial charge on any atom is -0.508 e. The van der Waals surface area contributed by atoms with Crippen LogP contribution in [0.2, 0.25) is 0 Å². The quantitative estimate of drug-likeness (QED) is 0.307. The molecule has 0 spiro atoms. The molecule has 0 fully saturated rings. The van der Waals surface area contributed by atoms with E-state index in [1.807, 2.05) is 30.3 Å². The zero-order chi connectivity index (χ0) is 24.0. The number of phenolic OH excluding ortho intramolecular Hbond substituents is 1. The van der Waals surface area contributed by atoms with E-state index in [2.05, 4.69) is 0 Å². The molecule has 0 aliphatic heterocycles. The highest BCUT2D eigenvalue weighted by Crippen LogP contribution is 2.10. The molecule has 1 amide bonds. The van der Waals surface area contributed by atoms with Crippen LogP contribution in [0.1, 0.15) is 18.1 Å². The maximum Gasteiger partial charge on any atom is 0.320 e. The van der Waals surface area contributed by atoms with Gasteiger partial charge in [-0.1, -0.05) is 42.5 Å². The first kappa shape index (κ1) is 27.5. The summed E-state index contributed by atoms with van der Waals surface area (Å²) in [6.07, 6.45) is 0.784. The van der Waals surface area contributed by atoms with Crippen molar-refractivity contribution < 1.29 is 29.7 Å². The molecule has 0 aliphatic carbocycles. The number of carbonyl (C=O) groups excluding carboxylic acids is 1. The lowest BCUT2D eigenvalue weighted by Gasteiger charge is -2.06. The summed E-state index contributed by atoms with van der Waals surface area (Å²) in [4.78, 5) is 30.6. The van der Waals surface area contributed by atoms with Crippen LogP contribution in [-0.4, -0.2) is 51.3 Å². The number of hydrogen-bond donors (Lipinski definition) is 7. The highest BCUT2D eigenvalue weighted by atomic mass is 16.4. The van der Waals surface area contributed by atoms with Crippen molar-refractivity contribution in [2.45, 2.75) is 37.9 Å². The molecule has 0 aliphatic rings. The normalized spacial score (nSPS) is 12.6. The third-order valence-electron chi connectivity index (χ3n) is 3.76. The number of aliphatic carboxylic acids is 2. The molecule has 0 aromatic heterocycles. The SMILES string of the molecule is C[C@H](N)C(=O)O.NC(=O)[C@@H](N)Cc1ccc(O)cc1.N[C@@H](Cc1ccccc1)C(=O)O. The minimum absolute atomic E-state index is 0.191. The first-order chi connectivity index (χ1) is 14.4. The molecule has 0 saturated carbocycles. The van der Waals surface area contributed by atoms with Crippen molar-refractivity contribution in [1.82, 2.24) is 0 Å². The zero-order valence-corrected chi connectivity index (χ0v) is 17.2. The smallest absolute Gasteiger partial charge is 0.320 e. The van der Waals surface area contributed by atoms with Crippen molar-refractivity contribution in [1.29, 1.82) is 0 Å². The molecule has 0 radical (unpaired) electrons. The topological polar surface area (TPSA) is 216 Å². The van der Waals surface area contributed by atoms with Gasteiger partial charge in [-0.05, 0) is 43.0 Å². The number of nitrogens with two attached hydrogens (primary N) is 4. The predicted octanol–water partition coefficient (Wildman–Crippen LogP) is -0.193. The third kappa shape index (κ3) is 13.4. The lowest BCUT2D eigenvalue weighted by molar-refractivity contribution is -0.139. The molecule has 0 unspecified atom stereocenters. The van der Waals surface area contributed by atoms with Crippen molar-refractivity contribution in [2.24, 2.45) is 22.9 Å². The van der Waals surface area contributed by atoms with E-state index in [1.165, 1.54) is 6.92 Å². The Kier molecular flexibility index (Phi) is 12.9. The first-order valence-corrected chi connectivity index (χ1v) is 9.27. The molecule has 0 heterocycles. The second-order valence-electron chi connectivity index (χ2n) is 6.64. The van der Waals surface area contributed by atoms with Gasteiger partial charge in [0.1, 0.15) is 17.8 Å². The molecule has 10 nitrogen and oxygen atoms in total. The summed E-state index contributed by atoms with van der Waals surface area (Å²) in [5.74, 6) is -2.25. The van der Waals surface area contributed by atoms with Gasteiger partial charge in [-0.2, -0.15) is 0 Å². The largest absolute Gasteiger partial charge is 0.508 e. The van der Waals surface area contributed by atoms with E-state index in [0.29, 0.717) is 12.8 Å². The van der Waals surface area contributed by atoms with Crippen molar-refractivity contribution in [3.8, 4) is 5.75 Å². The number of benzene rings is 2. The highest BCUT2D eigenvalue weighted by molar-refractivity contribution is 5.79. The van der Waals surface area contributed by atoms with Gasteiger partial charge in [-0.25, -0.2) is 0 Å². The van der Waals surface area contributed by atoms with Gasteiger partial charge >= 0.3 is 11.9 Å². The van der Waals surface area contributed by atoms with Crippen LogP contribution in [0.15, 0.2) is 54.6 Å². The Morgan fingerprint density at radius 3 is 1.58 bits per heavy atom. The van der Waals surface area contributed by atoms with Gasteiger partial charge in [0, 0.05) is 0 Å². The van der Waals surface area contributed by atoms with Crippen LogP contribution in [-0.2, 0) is 27.2 Å². The Labute approximate surface area is 180 Å². The van der Waals surface area contributed by atoms with Crippen LogP contribution in [0.5, 0.6) is 5.75 Å². The van der Waals surface area contributed by atoms with Crippen molar-refractivity contribution in [3.05, 3.63) is 65.7 Å². The second kappa shape index (κ2) is 14.5. The minimum atomic E-state index is -0.963. The summed E-state index contributed by atoms with van der Waals surface area (Å²) in [7, 11) is 0. The Bertz CT molecular complexity index is 812. The lowest BCUT2D eigenvalue weighted by atomic mass is 10.1. The van der Waals surface area contributed by atoms with Gasteiger partial charge in [0.05, 0.1) is 6.04 Å². The van der Waals surface area contributed by atoms with Crippen LogP contribution in [0.4, 0.5) is 0 Å². The molecule has 0 bridgehead atoms. The van der Waals surface area contributed by atoms with Crippen LogP contribution >= 0.6 is 0 Å². The standard InChI is InChI=1S/C9H12N2O2.C9H11NO2.C3H7NO2/c10-8(9(11)13)5-6-1-3-7(12)4-2-6;10-8(9(11)12)6-7-4-2-1-3-5-7;1-2(4)3(5)6/h1-4,8,12H,5,10H2,(H2,11,13);1-5,8H,6,10H2,(H,11,12);2H,4H2,1H3,(H,5,6)/t2*8-;2-/m000/s1. The highest BCUT2D eigenvalue weighted by Gasteiger charge is 2.11. The number of phenols is 1. The van der Waals surface area contributed by atoms with Crippen molar-refractivity contribution in [2.75, 3.05) is 0 Å². The summed E-state index contributed by atoms with van der Waals surface area (Å²) < 4.78 is 0. The average Bonchev–Trinajstić information content (AvgIpc) is 2.71. The van der Waals surface area contributed by atoms with Crippen molar-refractivity contribution in [3.63, 3.8) is 0 Å². The predicted molar refractivity (Wildman–Crippen MR) is 116 cm³/mol. The van der Waals surface area contributed by atoms with Crippen LogP contribution < -0.4 is 22.9 Å². The third-order valence-corrected chi connectivity index (χ3v) is 3.76. The van der Waals surface area contributed by atoms with E-state index in [1.54, 1.807) is 24.3 Å². The fourth-order valence-corrected chi connectivity index (χ4v) is 1.94. The number of hydrogen-bond acceptors (Lipinski definition) is 7. The maximum absolute atomic E-state index is 10.6. The molecule has 2 aromatic carbocycles. The molecular formula is C21H30N4O6. The van der Waals surface area contributed by atoms with E-state index in [9.17, 15) is 14.4 Å².